The zero-order valence-electron chi connectivity index (χ0n) is 11.0. The van der Waals surface area contributed by atoms with Gasteiger partial charge in [-0.3, -0.25) is 4.98 Å². The van der Waals surface area contributed by atoms with Gasteiger partial charge in [-0.15, -0.1) is 0 Å². The van der Waals surface area contributed by atoms with Gasteiger partial charge in [-0.2, -0.15) is 0 Å². The first-order valence-corrected chi connectivity index (χ1v) is 6.86. The Morgan fingerprint density at radius 2 is 1.84 bits per heavy atom. The summed E-state index contributed by atoms with van der Waals surface area (Å²) in [6.45, 7) is 4.03. The van der Waals surface area contributed by atoms with Crippen molar-refractivity contribution in [3.63, 3.8) is 0 Å². The average Bonchev–Trinajstić information content (AvgIpc) is 2.33. The molecule has 0 bridgehead atoms. The van der Waals surface area contributed by atoms with E-state index in [1.165, 1.54) is 0 Å². The van der Waals surface area contributed by atoms with Crippen molar-refractivity contribution in [1.82, 2.24) is 4.98 Å². The second-order valence-electron chi connectivity index (χ2n) is 4.73. The van der Waals surface area contributed by atoms with Gasteiger partial charge in [0.1, 0.15) is 0 Å². The maximum Gasteiger partial charge on any atom is 0.0603 e. The van der Waals surface area contributed by atoms with Crippen molar-refractivity contribution in [3.8, 4) is 0 Å². The van der Waals surface area contributed by atoms with Gasteiger partial charge in [0.25, 0.3) is 0 Å². The van der Waals surface area contributed by atoms with Crippen molar-refractivity contribution in [3.05, 3.63) is 62.9 Å². The normalized spacial score (nSPS) is 12.5. The molecule has 1 atom stereocenters. The zero-order valence-corrected chi connectivity index (χ0v) is 12.5. The molecule has 1 unspecified atom stereocenters. The number of rotatable bonds is 3. The summed E-state index contributed by atoms with van der Waals surface area (Å²) in [6.07, 6.45) is 2.41. The lowest BCUT2D eigenvalue weighted by molar-refractivity contribution is 0.690. The molecule has 1 aromatic heterocycles. The van der Waals surface area contributed by atoms with E-state index in [-0.39, 0.29) is 6.04 Å². The van der Waals surface area contributed by atoms with Gasteiger partial charge in [-0.05, 0) is 49.1 Å². The first-order valence-electron chi connectivity index (χ1n) is 6.10. The Bertz CT molecular complexity index is 576. The van der Waals surface area contributed by atoms with E-state index in [0.29, 0.717) is 16.5 Å². The maximum atomic E-state index is 6.24. The minimum Gasteiger partial charge on any atom is -0.322 e. The molecule has 0 aliphatic carbocycles. The van der Waals surface area contributed by atoms with Gasteiger partial charge in [0.05, 0.1) is 11.7 Å². The van der Waals surface area contributed by atoms with Crippen LogP contribution < -0.4 is 5.73 Å². The van der Waals surface area contributed by atoms with Crippen LogP contribution in [0.2, 0.25) is 10.0 Å². The molecule has 2 rings (SSSR count). The number of nitrogens with two attached hydrogens (primary N) is 1. The van der Waals surface area contributed by atoms with Crippen LogP contribution in [0.15, 0.2) is 30.5 Å². The van der Waals surface area contributed by atoms with Crippen LogP contribution in [0, 0.1) is 13.8 Å². The highest BCUT2D eigenvalue weighted by Gasteiger charge is 2.15. The molecule has 1 heterocycles. The number of hydrogen-bond donors (Lipinski definition) is 1. The Hall–Kier alpha value is -1.09. The second-order valence-corrected chi connectivity index (χ2v) is 5.54. The summed E-state index contributed by atoms with van der Waals surface area (Å²) in [5.74, 6) is 0. The van der Waals surface area contributed by atoms with Crippen molar-refractivity contribution in [2.75, 3.05) is 0 Å². The van der Waals surface area contributed by atoms with E-state index in [9.17, 15) is 0 Å². The molecular weight excluding hydrogens is 279 g/mol. The van der Waals surface area contributed by atoms with Crippen LogP contribution in [0.25, 0.3) is 0 Å². The van der Waals surface area contributed by atoms with E-state index < -0.39 is 0 Å². The maximum absolute atomic E-state index is 6.24. The zero-order chi connectivity index (χ0) is 14.0. The van der Waals surface area contributed by atoms with E-state index in [1.807, 2.05) is 38.2 Å². The smallest absolute Gasteiger partial charge is 0.0603 e. The monoisotopic (exact) mass is 294 g/mol. The molecule has 19 heavy (non-hydrogen) atoms. The first-order chi connectivity index (χ1) is 8.99. The van der Waals surface area contributed by atoms with E-state index >= 15 is 0 Å². The Morgan fingerprint density at radius 3 is 2.42 bits per heavy atom. The molecule has 1 aromatic carbocycles. The van der Waals surface area contributed by atoms with Crippen LogP contribution in [-0.4, -0.2) is 4.98 Å². The summed E-state index contributed by atoms with van der Waals surface area (Å²) in [5.41, 5.74) is 10.2. The molecule has 0 aliphatic rings. The molecule has 0 radical (unpaired) electrons. The molecule has 2 N–H and O–H groups in total. The number of nitrogens with zero attached hydrogens (tertiary/aromatic N) is 1. The van der Waals surface area contributed by atoms with E-state index in [1.54, 1.807) is 0 Å². The molecule has 0 saturated heterocycles. The van der Waals surface area contributed by atoms with Crippen molar-refractivity contribution in [2.45, 2.75) is 26.3 Å². The van der Waals surface area contributed by atoms with E-state index in [0.717, 1.165) is 22.4 Å². The minimum atomic E-state index is -0.210. The number of hydrogen-bond acceptors (Lipinski definition) is 2. The van der Waals surface area contributed by atoms with Crippen molar-refractivity contribution in [2.24, 2.45) is 5.73 Å². The van der Waals surface area contributed by atoms with Gasteiger partial charge in [0, 0.05) is 16.2 Å². The topological polar surface area (TPSA) is 38.9 Å². The lowest BCUT2D eigenvalue weighted by Gasteiger charge is -2.16. The third-order valence-electron chi connectivity index (χ3n) is 3.09. The minimum absolute atomic E-state index is 0.210. The van der Waals surface area contributed by atoms with Crippen molar-refractivity contribution >= 4 is 23.2 Å². The highest BCUT2D eigenvalue weighted by atomic mass is 35.5. The molecule has 2 aromatic rings. The van der Waals surface area contributed by atoms with Gasteiger partial charge < -0.3 is 5.73 Å². The number of aryl methyl sites for hydroxylation is 2. The molecule has 0 aliphatic heterocycles. The van der Waals surface area contributed by atoms with Crippen molar-refractivity contribution in [1.29, 1.82) is 0 Å². The summed E-state index contributed by atoms with van der Waals surface area (Å²) in [5, 5.41) is 1.29. The highest BCUT2D eigenvalue weighted by molar-refractivity contribution is 6.36. The fraction of sp³-hybridized carbons (Fsp3) is 0.267. The number of aromatic nitrogens is 1. The number of benzene rings is 1. The van der Waals surface area contributed by atoms with Crippen LogP contribution in [0.1, 0.15) is 28.4 Å². The molecule has 2 nitrogen and oxygen atoms in total. The number of halogens is 2. The molecule has 0 saturated carbocycles. The number of pyridine rings is 1. The van der Waals surface area contributed by atoms with Gasteiger partial charge in [-0.1, -0.05) is 35.3 Å². The van der Waals surface area contributed by atoms with Crippen molar-refractivity contribution < 1.29 is 0 Å². The SMILES string of the molecule is Cc1cnc(C(N)Cc2c(Cl)cccc2Cl)c(C)c1. The van der Waals surface area contributed by atoms with Crippen LogP contribution in [0.5, 0.6) is 0 Å². The van der Waals surface area contributed by atoms with E-state index in [2.05, 4.69) is 11.1 Å². The van der Waals surface area contributed by atoms with Crippen LogP contribution >= 0.6 is 23.2 Å². The molecule has 0 fully saturated rings. The summed E-state index contributed by atoms with van der Waals surface area (Å²) in [6, 6.07) is 7.35. The summed E-state index contributed by atoms with van der Waals surface area (Å²) in [4.78, 5) is 4.42. The highest BCUT2D eigenvalue weighted by Crippen LogP contribution is 2.28. The Morgan fingerprint density at radius 1 is 1.21 bits per heavy atom. The van der Waals surface area contributed by atoms with Gasteiger partial charge in [0.15, 0.2) is 0 Å². The molecular formula is C15H16Cl2N2. The lowest BCUT2D eigenvalue weighted by atomic mass is 10.00. The largest absolute Gasteiger partial charge is 0.322 e. The Kier molecular flexibility index (Phi) is 4.46. The average molecular weight is 295 g/mol. The van der Waals surface area contributed by atoms with Gasteiger partial charge >= 0.3 is 0 Å². The molecule has 0 amide bonds. The predicted molar refractivity (Wildman–Crippen MR) is 80.8 cm³/mol. The van der Waals surface area contributed by atoms with E-state index in [4.69, 9.17) is 28.9 Å². The quantitative estimate of drug-likeness (QED) is 0.919. The summed E-state index contributed by atoms with van der Waals surface area (Å²) in [7, 11) is 0. The fourth-order valence-electron chi connectivity index (χ4n) is 2.16. The van der Waals surface area contributed by atoms with Crippen LogP contribution in [0.3, 0.4) is 0 Å². The van der Waals surface area contributed by atoms with Crippen LogP contribution in [0.4, 0.5) is 0 Å². The third-order valence-corrected chi connectivity index (χ3v) is 3.80. The second kappa shape index (κ2) is 5.91. The summed E-state index contributed by atoms with van der Waals surface area (Å²) >= 11 is 12.3. The molecule has 0 spiro atoms. The van der Waals surface area contributed by atoms with Crippen LogP contribution in [-0.2, 0) is 6.42 Å². The lowest BCUT2D eigenvalue weighted by Crippen LogP contribution is -2.17. The molecule has 4 heteroatoms. The third kappa shape index (κ3) is 3.27. The van der Waals surface area contributed by atoms with Gasteiger partial charge in [-0.25, -0.2) is 0 Å². The molecule has 100 valence electrons. The Balaban J connectivity index is 2.28. The Labute approximate surface area is 123 Å². The summed E-state index contributed by atoms with van der Waals surface area (Å²) < 4.78 is 0. The first kappa shape index (κ1) is 14.3. The van der Waals surface area contributed by atoms with Gasteiger partial charge in [0.2, 0.25) is 0 Å². The standard InChI is InChI=1S/C15H16Cl2N2/c1-9-6-10(2)15(19-8-9)14(18)7-11-12(16)4-3-5-13(11)17/h3-6,8,14H,7,18H2,1-2H3. The predicted octanol–water partition coefficient (Wildman–Crippen LogP) is 4.25. The fourth-order valence-corrected chi connectivity index (χ4v) is 2.71.